The van der Waals surface area contributed by atoms with Crippen molar-refractivity contribution in [1.82, 2.24) is 0 Å². The highest BCUT2D eigenvalue weighted by Crippen LogP contribution is 2.72. The lowest BCUT2D eigenvalue weighted by atomic mass is 9.42. The van der Waals surface area contributed by atoms with Crippen molar-refractivity contribution >= 4 is 0 Å². The van der Waals surface area contributed by atoms with Gasteiger partial charge in [0, 0.05) is 23.7 Å². The van der Waals surface area contributed by atoms with Gasteiger partial charge in [-0.2, -0.15) is 0 Å². The van der Waals surface area contributed by atoms with Crippen molar-refractivity contribution in [2.75, 3.05) is 0 Å². The summed E-state index contributed by atoms with van der Waals surface area (Å²) in [6.07, 6.45) is 16.3. The number of hydrogen-bond donors (Lipinski definition) is 1. The molecule has 4 fully saturated rings. The second-order valence-corrected chi connectivity index (χ2v) is 13.4. The van der Waals surface area contributed by atoms with Crippen molar-refractivity contribution in [3.8, 4) is 0 Å². The molecule has 0 aromatic heterocycles. The molecule has 6 aliphatic rings. The number of hydrogen-bond acceptors (Lipinski definition) is 3. The van der Waals surface area contributed by atoms with E-state index in [2.05, 4.69) is 53.7 Å². The Morgan fingerprint density at radius 3 is 2.38 bits per heavy atom. The minimum Gasteiger partial charge on any atom is -0.393 e. The fraction of sp³-hybridized carbons (Fsp3) is 0.931. The molecule has 3 heteroatoms. The molecule has 0 unspecified atom stereocenters. The average molecular weight is 445 g/mol. The summed E-state index contributed by atoms with van der Waals surface area (Å²) >= 11 is 0. The molecule has 4 aliphatic carbocycles. The normalized spacial score (nSPS) is 51.2. The third kappa shape index (κ3) is 3.02. The fourth-order valence-corrected chi connectivity index (χ4v) is 9.76. The first-order chi connectivity index (χ1) is 15.1. The van der Waals surface area contributed by atoms with Gasteiger partial charge < -0.3 is 5.11 Å². The standard InChI is InChI=1S/C29H48O3/c1-7-21(19(2)3)9-8-20(4)23-10-11-24-26(23,5)14-13-25-27(6)15-12-22(30)18-28(27)16-17-29(24,25)32-31-28/h16-17,19-25,30H,7-15,18H2,1-6H3/t20-,21-,22+,23-,24-,25-,26-,27-,28-,29+/m1/s1. The SMILES string of the molecule is CC[C@H](CC[C@@H](C)[C@H]1CC[C@@H]2[C@]1(C)CC[C@H]1[C@]23C=C[C@]2(C[C@@H](O)CC[C@]12C)OO3)C(C)C. The first-order valence-corrected chi connectivity index (χ1v) is 13.9. The minimum atomic E-state index is -0.428. The predicted molar refractivity (Wildman–Crippen MR) is 129 cm³/mol. The van der Waals surface area contributed by atoms with E-state index in [0.717, 1.165) is 36.5 Å². The lowest BCUT2D eigenvalue weighted by Crippen LogP contribution is -2.73. The maximum absolute atomic E-state index is 10.4. The van der Waals surface area contributed by atoms with Crippen LogP contribution in [0.3, 0.4) is 0 Å². The minimum absolute atomic E-state index is 0.0792. The van der Waals surface area contributed by atoms with E-state index >= 15 is 0 Å². The van der Waals surface area contributed by atoms with E-state index in [0.29, 0.717) is 23.7 Å². The summed E-state index contributed by atoms with van der Waals surface area (Å²) in [5.41, 5.74) is -0.271. The number of aliphatic hydroxyl groups excluding tert-OH is 1. The van der Waals surface area contributed by atoms with Crippen LogP contribution in [-0.4, -0.2) is 22.4 Å². The quantitative estimate of drug-likeness (QED) is 0.351. The van der Waals surface area contributed by atoms with Gasteiger partial charge in [0.25, 0.3) is 0 Å². The van der Waals surface area contributed by atoms with Crippen LogP contribution < -0.4 is 0 Å². The largest absolute Gasteiger partial charge is 0.393 e. The Hall–Kier alpha value is -0.380. The van der Waals surface area contributed by atoms with Crippen LogP contribution in [-0.2, 0) is 9.78 Å². The Balaban J connectivity index is 1.39. The maximum Gasteiger partial charge on any atom is 0.130 e. The highest BCUT2D eigenvalue weighted by Gasteiger charge is 2.74. The van der Waals surface area contributed by atoms with Crippen LogP contribution in [0.15, 0.2) is 12.2 Å². The lowest BCUT2D eigenvalue weighted by molar-refractivity contribution is -0.497. The van der Waals surface area contributed by atoms with Gasteiger partial charge in [0.1, 0.15) is 11.2 Å². The van der Waals surface area contributed by atoms with Crippen LogP contribution in [0.25, 0.3) is 0 Å². The molecule has 2 heterocycles. The van der Waals surface area contributed by atoms with Gasteiger partial charge in [-0.15, -0.1) is 0 Å². The summed E-state index contributed by atoms with van der Waals surface area (Å²) in [5, 5.41) is 10.4. The third-order valence-electron chi connectivity index (χ3n) is 11.8. The molecule has 1 saturated heterocycles. The van der Waals surface area contributed by atoms with E-state index in [4.69, 9.17) is 9.78 Å². The smallest absolute Gasteiger partial charge is 0.130 e. The van der Waals surface area contributed by atoms with Crippen molar-refractivity contribution in [3.05, 3.63) is 12.2 Å². The summed E-state index contributed by atoms with van der Waals surface area (Å²) in [4.78, 5) is 12.8. The molecule has 2 aliphatic heterocycles. The van der Waals surface area contributed by atoms with E-state index in [1.165, 1.54) is 44.9 Å². The molecular formula is C29H48O3. The molecule has 182 valence electrons. The van der Waals surface area contributed by atoms with Crippen molar-refractivity contribution in [2.24, 2.45) is 46.3 Å². The van der Waals surface area contributed by atoms with Crippen LogP contribution in [0.2, 0.25) is 0 Å². The molecule has 3 saturated carbocycles. The molecule has 3 nitrogen and oxygen atoms in total. The maximum atomic E-state index is 10.4. The first kappa shape index (κ1) is 23.4. The van der Waals surface area contributed by atoms with E-state index in [9.17, 15) is 5.11 Å². The molecular weight excluding hydrogens is 396 g/mol. The van der Waals surface area contributed by atoms with Gasteiger partial charge >= 0.3 is 0 Å². The average Bonchev–Trinajstić information content (AvgIpc) is 3.12. The van der Waals surface area contributed by atoms with Crippen molar-refractivity contribution in [3.63, 3.8) is 0 Å². The van der Waals surface area contributed by atoms with Crippen LogP contribution in [0.1, 0.15) is 106 Å². The zero-order valence-corrected chi connectivity index (χ0v) is 21.5. The first-order valence-electron chi connectivity index (χ1n) is 13.9. The molecule has 0 amide bonds. The van der Waals surface area contributed by atoms with Crippen LogP contribution in [0.4, 0.5) is 0 Å². The zero-order valence-electron chi connectivity index (χ0n) is 21.5. The zero-order chi connectivity index (χ0) is 22.9. The number of fused-ring (bicyclic) bond motifs is 2. The van der Waals surface area contributed by atoms with E-state index in [1.807, 2.05) is 0 Å². The van der Waals surface area contributed by atoms with E-state index in [1.54, 1.807) is 0 Å². The van der Waals surface area contributed by atoms with Crippen molar-refractivity contribution in [2.45, 2.75) is 123 Å². The van der Waals surface area contributed by atoms with Crippen LogP contribution in [0, 0.1) is 46.3 Å². The van der Waals surface area contributed by atoms with Gasteiger partial charge in [0.05, 0.1) is 6.10 Å². The molecule has 6 rings (SSSR count). The topological polar surface area (TPSA) is 38.7 Å². The van der Waals surface area contributed by atoms with Gasteiger partial charge in [-0.3, -0.25) is 0 Å². The summed E-state index contributed by atoms with van der Waals surface area (Å²) < 4.78 is 0. The summed E-state index contributed by atoms with van der Waals surface area (Å²) in [6, 6.07) is 0. The lowest BCUT2D eigenvalue weighted by Gasteiger charge is -2.69. The molecule has 10 atom stereocenters. The highest BCUT2D eigenvalue weighted by molar-refractivity contribution is 5.33. The summed E-state index contributed by atoms with van der Waals surface area (Å²) in [6.45, 7) is 14.7. The number of aliphatic hydroxyl groups is 1. The molecule has 0 aromatic carbocycles. The van der Waals surface area contributed by atoms with Gasteiger partial charge in [0.2, 0.25) is 0 Å². The van der Waals surface area contributed by atoms with Crippen LogP contribution in [0.5, 0.6) is 0 Å². The van der Waals surface area contributed by atoms with Crippen LogP contribution >= 0.6 is 0 Å². The Morgan fingerprint density at radius 1 is 0.938 bits per heavy atom. The second-order valence-electron chi connectivity index (χ2n) is 13.4. The molecule has 2 bridgehead atoms. The molecule has 1 N–H and O–H groups in total. The van der Waals surface area contributed by atoms with E-state index in [-0.39, 0.29) is 17.1 Å². The van der Waals surface area contributed by atoms with E-state index < -0.39 is 5.60 Å². The predicted octanol–water partition coefficient (Wildman–Crippen LogP) is 7.09. The molecule has 0 radical (unpaired) electrons. The second kappa shape index (κ2) is 7.82. The summed E-state index contributed by atoms with van der Waals surface area (Å²) in [5.74, 6) is 4.29. The Bertz CT molecular complexity index is 747. The Kier molecular flexibility index (Phi) is 5.71. The fourth-order valence-electron chi connectivity index (χ4n) is 9.76. The molecule has 0 aromatic rings. The van der Waals surface area contributed by atoms with Gasteiger partial charge in [-0.05, 0) is 80.1 Å². The highest BCUT2D eigenvalue weighted by atomic mass is 17.2. The van der Waals surface area contributed by atoms with Gasteiger partial charge in [-0.1, -0.05) is 60.5 Å². The molecule has 2 spiro atoms. The number of rotatable bonds is 6. The third-order valence-corrected chi connectivity index (χ3v) is 11.8. The Labute approximate surface area is 196 Å². The monoisotopic (exact) mass is 444 g/mol. The van der Waals surface area contributed by atoms with Crippen molar-refractivity contribution in [1.29, 1.82) is 0 Å². The summed E-state index contributed by atoms with van der Waals surface area (Å²) in [7, 11) is 0. The molecule has 32 heavy (non-hydrogen) atoms. The van der Waals surface area contributed by atoms with Crippen molar-refractivity contribution < 1.29 is 14.9 Å². The Morgan fingerprint density at radius 2 is 1.72 bits per heavy atom. The van der Waals surface area contributed by atoms with Gasteiger partial charge in [0.15, 0.2) is 0 Å². The van der Waals surface area contributed by atoms with Gasteiger partial charge in [-0.25, -0.2) is 9.78 Å².